The maximum Gasteiger partial charge on any atom is 0.0697 e. The lowest BCUT2D eigenvalue weighted by Gasteiger charge is -1.97. The molecule has 1 rings (SSSR count). The van der Waals surface area contributed by atoms with Crippen molar-refractivity contribution in [2.45, 2.75) is 27.7 Å². The van der Waals surface area contributed by atoms with Gasteiger partial charge in [0.1, 0.15) is 0 Å². The van der Waals surface area contributed by atoms with Gasteiger partial charge in [-0.3, -0.25) is 4.99 Å². The molecular weight excluding hydrogens is 170 g/mol. The van der Waals surface area contributed by atoms with Gasteiger partial charge in [-0.2, -0.15) is 0 Å². The molecule has 0 aromatic heterocycles. The molecule has 0 aliphatic heterocycles. The van der Waals surface area contributed by atoms with Gasteiger partial charge in [-0.1, -0.05) is 44.2 Å². The number of aliphatic imine (C=N–C) groups is 1. The van der Waals surface area contributed by atoms with Crippen LogP contribution in [0.4, 0.5) is 5.69 Å². The van der Waals surface area contributed by atoms with Crippen LogP contribution in [-0.2, 0) is 0 Å². The summed E-state index contributed by atoms with van der Waals surface area (Å²) in [5.41, 5.74) is 2.19. The van der Waals surface area contributed by atoms with Crippen molar-refractivity contribution in [1.82, 2.24) is 0 Å². The number of allylic oxidation sites excluding steroid dienone is 1. The summed E-state index contributed by atoms with van der Waals surface area (Å²) in [4.78, 5) is 4.25. The molecule has 0 amide bonds. The highest BCUT2D eigenvalue weighted by Gasteiger charge is 1.92. The average Bonchev–Trinajstić information content (AvgIpc) is 2.25. The highest BCUT2D eigenvalue weighted by atomic mass is 14.7. The maximum absolute atomic E-state index is 4.25. The molecule has 1 aromatic rings. The molecule has 0 atom stereocenters. The van der Waals surface area contributed by atoms with E-state index in [-0.39, 0.29) is 0 Å². The Bertz CT molecular complexity index is 267. The second-order valence-corrected chi connectivity index (χ2v) is 2.45. The van der Waals surface area contributed by atoms with Crippen molar-refractivity contribution in [2.75, 3.05) is 0 Å². The Morgan fingerprint density at radius 3 is 2.29 bits per heavy atom. The van der Waals surface area contributed by atoms with E-state index in [1.807, 2.05) is 58.2 Å². The zero-order valence-corrected chi connectivity index (χ0v) is 9.49. The molecule has 0 saturated heterocycles. The van der Waals surface area contributed by atoms with E-state index < -0.39 is 0 Å². The lowest BCUT2D eigenvalue weighted by atomic mass is 10.2. The minimum atomic E-state index is 1.03. The third-order valence-corrected chi connectivity index (χ3v) is 1.55. The molecule has 0 radical (unpaired) electrons. The Balaban J connectivity index is 0.000000791. The standard InChI is InChI=1S/C11H13N.C2H6/c1-3-7-10-8-5-6-9-11(10)12-4-2;1-2/h3-9H,1-2H3;1-2H3/b7-3-,12-4?;. The van der Waals surface area contributed by atoms with Crippen LogP contribution in [0.3, 0.4) is 0 Å². The zero-order valence-electron chi connectivity index (χ0n) is 9.49. The van der Waals surface area contributed by atoms with Crippen LogP contribution in [0.5, 0.6) is 0 Å². The van der Waals surface area contributed by atoms with Crippen LogP contribution in [0.1, 0.15) is 33.3 Å². The SMILES string of the molecule is CC.CC=Nc1ccccc1/C=C\C. The smallest absolute Gasteiger partial charge is 0.0697 e. The molecule has 1 heteroatoms. The Kier molecular flexibility index (Phi) is 7.43. The van der Waals surface area contributed by atoms with Crippen LogP contribution in [0.25, 0.3) is 6.08 Å². The lowest BCUT2D eigenvalue weighted by molar-refractivity contribution is 1.50. The van der Waals surface area contributed by atoms with Crippen molar-refractivity contribution >= 4 is 18.0 Å². The third kappa shape index (κ3) is 4.04. The fourth-order valence-corrected chi connectivity index (χ4v) is 1.06. The number of rotatable bonds is 2. The summed E-state index contributed by atoms with van der Waals surface area (Å²) in [5, 5.41) is 0. The van der Waals surface area contributed by atoms with Crippen molar-refractivity contribution in [3.8, 4) is 0 Å². The van der Waals surface area contributed by atoms with Crippen LogP contribution < -0.4 is 0 Å². The van der Waals surface area contributed by atoms with E-state index in [1.165, 1.54) is 0 Å². The number of benzene rings is 1. The summed E-state index contributed by atoms with van der Waals surface area (Å²) in [6.45, 7) is 7.93. The molecule has 0 saturated carbocycles. The van der Waals surface area contributed by atoms with Crippen LogP contribution >= 0.6 is 0 Å². The monoisotopic (exact) mass is 189 g/mol. The van der Waals surface area contributed by atoms with Gasteiger partial charge < -0.3 is 0 Å². The normalized spacial score (nSPS) is 10.3. The van der Waals surface area contributed by atoms with E-state index in [2.05, 4.69) is 17.1 Å². The molecule has 0 heterocycles. The maximum atomic E-state index is 4.25. The van der Waals surface area contributed by atoms with Crippen molar-refractivity contribution in [2.24, 2.45) is 4.99 Å². The van der Waals surface area contributed by atoms with Crippen molar-refractivity contribution in [3.63, 3.8) is 0 Å². The molecule has 0 aliphatic carbocycles. The van der Waals surface area contributed by atoms with Crippen LogP contribution in [-0.4, -0.2) is 6.21 Å². The van der Waals surface area contributed by atoms with Gasteiger partial charge in [-0.05, 0) is 25.5 Å². The van der Waals surface area contributed by atoms with E-state index in [4.69, 9.17) is 0 Å². The highest BCUT2D eigenvalue weighted by Crippen LogP contribution is 2.19. The summed E-state index contributed by atoms with van der Waals surface area (Å²) in [7, 11) is 0. The fraction of sp³-hybridized carbons (Fsp3) is 0.308. The molecule has 1 aromatic carbocycles. The van der Waals surface area contributed by atoms with E-state index in [0.29, 0.717) is 0 Å². The first-order chi connectivity index (χ1) is 6.88. The first-order valence-electron chi connectivity index (χ1n) is 5.09. The molecule has 0 fully saturated rings. The minimum Gasteiger partial charge on any atom is -0.261 e. The number of para-hydroxylation sites is 1. The number of hydrogen-bond donors (Lipinski definition) is 0. The third-order valence-electron chi connectivity index (χ3n) is 1.55. The Morgan fingerprint density at radius 1 is 1.07 bits per heavy atom. The first kappa shape index (κ1) is 12.6. The second-order valence-electron chi connectivity index (χ2n) is 2.45. The molecule has 0 unspecified atom stereocenters. The van der Waals surface area contributed by atoms with Gasteiger partial charge >= 0.3 is 0 Å². The van der Waals surface area contributed by atoms with E-state index in [0.717, 1.165) is 11.3 Å². The minimum absolute atomic E-state index is 1.03. The number of hydrogen-bond acceptors (Lipinski definition) is 1. The quantitative estimate of drug-likeness (QED) is 0.609. The Labute approximate surface area is 87.2 Å². The van der Waals surface area contributed by atoms with Crippen molar-refractivity contribution in [3.05, 3.63) is 35.9 Å². The van der Waals surface area contributed by atoms with Crippen LogP contribution in [0.2, 0.25) is 0 Å². The van der Waals surface area contributed by atoms with Crippen LogP contribution in [0, 0.1) is 0 Å². The number of nitrogens with zero attached hydrogens (tertiary/aromatic N) is 1. The van der Waals surface area contributed by atoms with Crippen molar-refractivity contribution in [1.29, 1.82) is 0 Å². The van der Waals surface area contributed by atoms with Gasteiger partial charge in [-0.25, -0.2) is 0 Å². The van der Waals surface area contributed by atoms with Gasteiger partial charge in [-0.15, -0.1) is 0 Å². The van der Waals surface area contributed by atoms with Gasteiger partial charge in [0.2, 0.25) is 0 Å². The molecule has 0 spiro atoms. The summed E-state index contributed by atoms with van der Waals surface area (Å²) in [6.07, 6.45) is 5.88. The lowest BCUT2D eigenvalue weighted by Crippen LogP contribution is -1.73. The topological polar surface area (TPSA) is 12.4 Å². The Morgan fingerprint density at radius 2 is 1.71 bits per heavy atom. The second kappa shape index (κ2) is 8.24. The average molecular weight is 189 g/mol. The van der Waals surface area contributed by atoms with E-state index in [9.17, 15) is 0 Å². The van der Waals surface area contributed by atoms with Gasteiger partial charge in [0.25, 0.3) is 0 Å². The molecule has 1 nitrogen and oxygen atoms in total. The zero-order chi connectivity index (χ0) is 10.8. The highest BCUT2D eigenvalue weighted by molar-refractivity contribution is 5.69. The molecule has 14 heavy (non-hydrogen) atoms. The molecule has 0 N–H and O–H groups in total. The van der Waals surface area contributed by atoms with Gasteiger partial charge in [0.05, 0.1) is 5.69 Å². The first-order valence-corrected chi connectivity index (χ1v) is 5.09. The predicted octanol–water partition coefficient (Wildman–Crippen LogP) is 4.47. The van der Waals surface area contributed by atoms with Crippen LogP contribution in [0.15, 0.2) is 35.3 Å². The van der Waals surface area contributed by atoms with E-state index in [1.54, 1.807) is 0 Å². The summed E-state index contributed by atoms with van der Waals surface area (Å²) in [5.74, 6) is 0. The Hall–Kier alpha value is -1.37. The fourth-order valence-electron chi connectivity index (χ4n) is 1.06. The summed E-state index contributed by atoms with van der Waals surface area (Å²) in [6, 6.07) is 8.08. The van der Waals surface area contributed by atoms with Gasteiger partial charge in [0.15, 0.2) is 0 Å². The van der Waals surface area contributed by atoms with Gasteiger partial charge in [0, 0.05) is 6.21 Å². The van der Waals surface area contributed by atoms with E-state index >= 15 is 0 Å². The molecule has 76 valence electrons. The summed E-state index contributed by atoms with van der Waals surface area (Å²) >= 11 is 0. The predicted molar refractivity (Wildman–Crippen MR) is 66.3 cm³/mol. The molecular formula is C13H19N. The molecule has 0 bridgehead atoms. The molecule has 0 aliphatic rings. The largest absolute Gasteiger partial charge is 0.261 e. The summed E-state index contributed by atoms with van der Waals surface area (Å²) < 4.78 is 0. The van der Waals surface area contributed by atoms with Crippen molar-refractivity contribution < 1.29 is 0 Å².